The number of nitrogens with one attached hydrogen (secondary N) is 1. The summed E-state index contributed by atoms with van der Waals surface area (Å²) in [6.07, 6.45) is 0. The van der Waals surface area contributed by atoms with Crippen LogP contribution in [0.2, 0.25) is 10.0 Å². The molecule has 5 nitrogen and oxygen atoms in total. The van der Waals surface area contributed by atoms with Gasteiger partial charge in [-0.15, -0.1) is 11.3 Å². The Bertz CT molecular complexity index is 682. The first-order valence-electron chi connectivity index (χ1n) is 5.82. The van der Waals surface area contributed by atoms with Crippen molar-refractivity contribution in [2.24, 2.45) is 0 Å². The number of carbonyl (C=O) groups is 2. The standard InChI is InChI=1S/C13H10Cl2N2O3S/c1-6(12-17-10(5-21-12)13(19)20)11(18)16-9-3-7(14)2-8(15)4-9/h2-6H,1H3,(H,16,18)(H,19,20)/t6-/m1/s1. The minimum Gasteiger partial charge on any atom is -0.476 e. The summed E-state index contributed by atoms with van der Waals surface area (Å²) in [6.45, 7) is 1.64. The molecule has 8 heteroatoms. The monoisotopic (exact) mass is 344 g/mol. The summed E-state index contributed by atoms with van der Waals surface area (Å²) in [4.78, 5) is 26.8. The molecule has 2 aromatic rings. The smallest absolute Gasteiger partial charge is 0.355 e. The Morgan fingerprint density at radius 2 is 1.90 bits per heavy atom. The fourth-order valence-corrected chi connectivity index (χ4v) is 2.95. The second-order valence-electron chi connectivity index (χ2n) is 4.25. The first kappa shape index (κ1) is 15.8. The predicted molar refractivity (Wildman–Crippen MR) is 82.6 cm³/mol. The van der Waals surface area contributed by atoms with Gasteiger partial charge in [-0.05, 0) is 25.1 Å². The predicted octanol–water partition coefficient (Wildman–Crippen LogP) is 3.89. The lowest BCUT2D eigenvalue weighted by atomic mass is 10.1. The van der Waals surface area contributed by atoms with Crippen LogP contribution in [-0.2, 0) is 4.79 Å². The Morgan fingerprint density at radius 1 is 1.29 bits per heavy atom. The summed E-state index contributed by atoms with van der Waals surface area (Å²) in [5, 5.41) is 14.2. The lowest BCUT2D eigenvalue weighted by molar-refractivity contribution is -0.117. The average Bonchev–Trinajstić information content (AvgIpc) is 2.86. The molecule has 110 valence electrons. The van der Waals surface area contributed by atoms with Crippen molar-refractivity contribution in [2.45, 2.75) is 12.8 Å². The van der Waals surface area contributed by atoms with E-state index in [0.29, 0.717) is 20.7 Å². The van der Waals surface area contributed by atoms with Crippen LogP contribution in [0, 0.1) is 0 Å². The highest BCUT2D eigenvalue weighted by Gasteiger charge is 2.20. The number of carboxylic acids is 1. The first-order chi connectivity index (χ1) is 9.86. The van der Waals surface area contributed by atoms with E-state index in [9.17, 15) is 9.59 Å². The molecule has 0 bridgehead atoms. The maximum atomic E-state index is 12.1. The Hall–Kier alpha value is -1.63. The van der Waals surface area contributed by atoms with Gasteiger partial charge in [0.25, 0.3) is 0 Å². The van der Waals surface area contributed by atoms with Crippen LogP contribution in [-0.4, -0.2) is 22.0 Å². The van der Waals surface area contributed by atoms with Crippen LogP contribution >= 0.6 is 34.5 Å². The molecular formula is C13H10Cl2N2O3S. The van der Waals surface area contributed by atoms with Crippen molar-refractivity contribution in [1.29, 1.82) is 0 Å². The summed E-state index contributed by atoms with van der Waals surface area (Å²) in [5.41, 5.74) is 0.403. The van der Waals surface area contributed by atoms with Gasteiger partial charge in [0.2, 0.25) is 5.91 Å². The molecule has 1 heterocycles. The van der Waals surface area contributed by atoms with Gasteiger partial charge in [-0.25, -0.2) is 9.78 Å². The Balaban J connectivity index is 2.13. The Labute approximate surface area is 134 Å². The van der Waals surface area contributed by atoms with E-state index in [1.165, 1.54) is 5.38 Å². The number of carboxylic acid groups (broad SMARTS) is 1. The molecule has 0 radical (unpaired) electrons. The minimum absolute atomic E-state index is 0.0690. The van der Waals surface area contributed by atoms with Crippen LogP contribution < -0.4 is 5.32 Å². The van der Waals surface area contributed by atoms with Gasteiger partial charge in [0.05, 0.1) is 5.92 Å². The maximum Gasteiger partial charge on any atom is 0.355 e. The molecule has 0 saturated carbocycles. The quantitative estimate of drug-likeness (QED) is 0.881. The van der Waals surface area contributed by atoms with E-state index in [4.69, 9.17) is 28.3 Å². The molecule has 1 aromatic carbocycles. The third kappa shape index (κ3) is 3.93. The number of hydrogen-bond acceptors (Lipinski definition) is 4. The highest BCUT2D eigenvalue weighted by atomic mass is 35.5. The van der Waals surface area contributed by atoms with Crippen LogP contribution in [0.1, 0.15) is 28.3 Å². The van der Waals surface area contributed by atoms with Crippen LogP contribution in [0.5, 0.6) is 0 Å². The number of anilines is 1. The van der Waals surface area contributed by atoms with Crippen LogP contribution in [0.25, 0.3) is 0 Å². The van der Waals surface area contributed by atoms with E-state index in [1.54, 1.807) is 25.1 Å². The fourth-order valence-electron chi connectivity index (χ4n) is 1.57. The number of halogens is 2. The van der Waals surface area contributed by atoms with E-state index in [2.05, 4.69) is 10.3 Å². The summed E-state index contributed by atoms with van der Waals surface area (Å²) in [5.74, 6) is -2.02. The topological polar surface area (TPSA) is 79.3 Å². The van der Waals surface area contributed by atoms with Crippen molar-refractivity contribution < 1.29 is 14.7 Å². The number of thiazole rings is 1. The van der Waals surface area contributed by atoms with Crippen LogP contribution in [0.15, 0.2) is 23.6 Å². The molecule has 0 unspecified atom stereocenters. The number of hydrogen-bond donors (Lipinski definition) is 2. The molecule has 0 spiro atoms. The highest BCUT2D eigenvalue weighted by molar-refractivity contribution is 7.10. The van der Waals surface area contributed by atoms with Crippen LogP contribution in [0.4, 0.5) is 5.69 Å². The van der Waals surface area contributed by atoms with E-state index in [1.807, 2.05) is 0 Å². The third-order valence-corrected chi connectivity index (χ3v) is 4.10. The molecule has 0 aliphatic heterocycles. The van der Waals surface area contributed by atoms with Gasteiger partial charge in [0, 0.05) is 21.1 Å². The van der Waals surface area contributed by atoms with Crippen molar-refractivity contribution >= 4 is 52.1 Å². The number of amides is 1. The largest absolute Gasteiger partial charge is 0.476 e. The molecular weight excluding hydrogens is 335 g/mol. The zero-order valence-corrected chi connectivity index (χ0v) is 13.1. The minimum atomic E-state index is -1.12. The SMILES string of the molecule is C[C@H](C(=O)Nc1cc(Cl)cc(Cl)c1)c1nc(C(=O)O)cs1. The number of nitrogens with zero attached hydrogens (tertiary/aromatic N) is 1. The molecule has 2 rings (SSSR count). The van der Waals surface area contributed by atoms with E-state index in [-0.39, 0.29) is 11.6 Å². The number of benzene rings is 1. The zero-order valence-electron chi connectivity index (χ0n) is 10.8. The molecule has 1 amide bonds. The molecule has 0 aliphatic carbocycles. The summed E-state index contributed by atoms with van der Waals surface area (Å²) >= 11 is 12.8. The van der Waals surface area contributed by atoms with Gasteiger partial charge in [-0.1, -0.05) is 23.2 Å². The molecule has 1 atom stereocenters. The Morgan fingerprint density at radius 3 is 2.43 bits per heavy atom. The molecule has 2 N–H and O–H groups in total. The summed E-state index contributed by atoms with van der Waals surface area (Å²) in [6, 6.07) is 4.70. The summed E-state index contributed by atoms with van der Waals surface area (Å²) < 4.78 is 0. The number of carbonyl (C=O) groups excluding carboxylic acids is 1. The lowest BCUT2D eigenvalue weighted by Gasteiger charge is -2.10. The molecule has 0 aliphatic rings. The van der Waals surface area contributed by atoms with Crippen molar-refractivity contribution in [3.05, 3.63) is 44.3 Å². The van der Waals surface area contributed by atoms with E-state index >= 15 is 0 Å². The highest BCUT2D eigenvalue weighted by Crippen LogP contribution is 2.25. The number of rotatable bonds is 4. The van der Waals surface area contributed by atoms with Crippen molar-refractivity contribution in [2.75, 3.05) is 5.32 Å². The van der Waals surface area contributed by atoms with Gasteiger partial charge in [0.1, 0.15) is 5.01 Å². The average molecular weight is 345 g/mol. The maximum absolute atomic E-state index is 12.1. The lowest BCUT2D eigenvalue weighted by Crippen LogP contribution is -2.19. The van der Waals surface area contributed by atoms with Gasteiger partial charge in [-0.3, -0.25) is 4.79 Å². The number of aromatic nitrogens is 1. The fraction of sp³-hybridized carbons (Fsp3) is 0.154. The van der Waals surface area contributed by atoms with E-state index in [0.717, 1.165) is 11.3 Å². The molecule has 0 fully saturated rings. The Kier molecular flexibility index (Phi) is 4.82. The molecule has 21 heavy (non-hydrogen) atoms. The van der Waals surface area contributed by atoms with Gasteiger partial charge >= 0.3 is 5.97 Å². The van der Waals surface area contributed by atoms with Crippen molar-refractivity contribution in [1.82, 2.24) is 4.98 Å². The van der Waals surface area contributed by atoms with Gasteiger partial charge in [-0.2, -0.15) is 0 Å². The normalized spacial score (nSPS) is 12.0. The van der Waals surface area contributed by atoms with E-state index < -0.39 is 11.9 Å². The second kappa shape index (κ2) is 6.43. The van der Waals surface area contributed by atoms with Gasteiger partial charge < -0.3 is 10.4 Å². The molecule has 0 saturated heterocycles. The van der Waals surface area contributed by atoms with Crippen molar-refractivity contribution in [3.63, 3.8) is 0 Å². The first-order valence-corrected chi connectivity index (χ1v) is 7.46. The zero-order chi connectivity index (χ0) is 15.6. The second-order valence-corrected chi connectivity index (χ2v) is 6.01. The van der Waals surface area contributed by atoms with Gasteiger partial charge in [0.15, 0.2) is 5.69 Å². The summed E-state index contributed by atoms with van der Waals surface area (Å²) in [7, 11) is 0. The third-order valence-electron chi connectivity index (χ3n) is 2.63. The van der Waals surface area contributed by atoms with Crippen molar-refractivity contribution in [3.8, 4) is 0 Å². The van der Waals surface area contributed by atoms with Crippen LogP contribution in [0.3, 0.4) is 0 Å². The molecule has 1 aromatic heterocycles. The number of aromatic carboxylic acids is 1.